The summed E-state index contributed by atoms with van der Waals surface area (Å²) in [7, 11) is 0. The van der Waals surface area contributed by atoms with Crippen molar-refractivity contribution in [2.75, 3.05) is 13.1 Å². The van der Waals surface area contributed by atoms with Gasteiger partial charge in [-0.1, -0.05) is 33.6 Å². The molecular formula is C13H25NO. The van der Waals surface area contributed by atoms with Gasteiger partial charge < -0.3 is 5.32 Å². The molecule has 2 nitrogen and oxygen atoms in total. The highest BCUT2D eigenvalue weighted by Gasteiger charge is 2.27. The molecule has 0 spiro atoms. The van der Waals surface area contributed by atoms with Crippen LogP contribution in [0.2, 0.25) is 0 Å². The highest BCUT2D eigenvalue weighted by molar-refractivity contribution is 5.83. The summed E-state index contributed by atoms with van der Waals surface area (Å²) >= 11 is 0. The summed E-state index contributed by atoms with van der Waals surface area (Å²) in [5, 5.41) is 3.26. The van der Waals surface area contributed by atoms with Crippen molar-refractivity contribution in [2.24, 2.45) is 17.8 Å². The van der Waals surface area contributed by atoms with Crippen LogP contribution in [0.3, 0.4) is 0 Å². The maximum Gasteiger partial charge on any atom is 0.140 e. The van der Waals surface area contributed by atoms with E-state index in [0.29, 0.717) is 11.7 Å². The average molecular weight is 211 g/mol. The molecule has 1 unspecified atom stereocenters. The molecule has 1 atom stereocenters. The molecule has 0 heterocycles. The summed E-state index contributed by atoms with van der Waals surface area (Å²) in [6.07, 6.45) is 4.72. The molecule has 2 heteroatoms. The van der Waals surface area contributed by atoms with Crippen LogP contribution in [0.4, 0.5) is 0 Å². The largest absolute Gasteiger partial charge is 0.316 e. The number of rotatable bonds is 5. The van der Waals surface area contributed by atoms with Crippen LogP contribution in [0.5, 0.6) is 0 Å². The number of ketones is 1. The van der Waals surface area contributed by atoms with Gasteiger partial charge in [-0.3, -0.25) is 4.79 Å². The Labute approximate surface area is 93.8 Å². The topological polar surface area (TPSA) is 29.1 Å². The smallest absolute Gasteiger partial charge is 0.140 e. The van der Waals surface area contributed by atoms with E-state index in [1.54, 1.807) is 0 Å². The van der Waals surface area contributed by atoms with E-state index in [9.17, 15) is 4.79 Å². The predicted octanol–water partition coefficient (Wildman–Crippen LogP) is 2.63. The Hall–Kier alpha value is -0.370. The molecule has 1 aliphatic carbocycles. The molecule has 0 saturated heterocycles. The Morgan fingerprint density at radius 1 is 1.33 bits per heavy atom. The van der Waals surface area contributed by atoms with Crippen LogP contribution in [0, 0.1) is 17.8 Å². The van der Waals surface area contributed by atoms with Gasteiger partial charge in [0.25, 0.3) is 0 Å². The van der Waals surface area contributed by atoms with Gasteiger partial charge in [0.15, 0.2) is 0 Å². The highest BCUT2D eigenvalue weighted by Crippen LogP contribution is 2.30. The molecule has 0 aromatic carbocycles. The van der Waals surface area contributed by atoms with Crippen LogP contribution in [-0.2, 0) is 4.79 Å². The van der Waals surface area contributed by atoms with Gasteiger partial charge in [-0.15, -0.1) is 0 Å². The van der Waals surface area contributed by atoms with Gasteiger partial charge in [-0.25, -0.2) is 0 Å². The number of hydrogen-bond donors (Lipinski definition) is 1. The van der Waals surface area contributed by atoms with E-state index in [0.717, 1.165) is 31.8 Å². The van der Waals surface area contributed by atoms with Crippen molar-refractivity contribution >= 4 is 5.78 Å². The van der Waals surface area contributed by atoms with Gasteiger partial charge in [0.05, 0.1) is 0 Å². The lowest BCUT2D eigenvalue weighted by molar-refractivity contribution is -0.127. The summed E-state index contributed by atoms with van der Waals surface area (Å²) in [6.45, 7) is 8.24. The Kier molecular flexibility index (Phi) is 5.30. The van der Waals surface area contributed by atoms with Gasteiger partial charge in [0, 0.05) is 18.4 Å². The number of Topliss-reactive ketones (excluding diaryl/α,β-unsaturated/α-hetero) is 1. The predicted molar refractivity (Wildman–Crippen MR) is 63.8 cm³/mol. The molecule has 15 heavy (non-hydrogen) atoms. The third-order valence-corrected chi connectivity index (χ3v) is 3.60. The molecule has 0 aliphatic heterocycles. The number of carbonyl (C=O) groups is 1. The second-order valence-corrected chi connectivity index (χ2v) is 5.07. The summed E-state index contributed by atoms with van der Waals surface area (Å²) in [5.74, 6) is 1.87. The van der Waals surface area contributed by atoms with Crippen LogP contribution in [0.1, 0.15) is 46.5 Å². The van der Waals surface area contributed by atoms with Gasteiger partial charge in [-0.2, -0.15) is 0 Å². The minimum atomic E-state index is 0.198. The maximum atomic E-state index is 12.1. The van der Waals surface area contributed by atoms with Gasteiger partial charge >= 0.3 is 0 Å². The van der Waals surface area contributed by atoms with Crippen molar-refractivity contribution in [2.45, 2.75) is 46.5 Å². The zero-order chi connectivity index (χ0) is 11.3. The fourth-order valence-corrected chi connectivity index (χ4v) is 2.41. The highest BCUT2D eigenvalue weighted by atomic mass is 16.1. The van der Waals surface area contributed by atoms with Gasteiger partial charge in [0.2, 0.25) is 0 Å². The summed E-state index contributed by atoms with van der Waals surface area (Å²) < 4.78 is 0. The standard InChI is InChI=1S/C13H25NO/c1-4-14-9-11(3)13(15)12-7-5-10(2)6-8-12/h10-12,14H,4-9H2,1-3H3. The van der Waals surface area contributed by atoms with Gasteiger partial charge in [0.1, 0.15) is 5.78 Å². The van der Waals surface area contributed by atoms with Crippen LogP contribution in [-0.4, -0.2) is 18.9 Å². The lowest BCUT2D eigenvalue weighted by atomic mass is 9.78. The molecule has 1 fully saturated rings. The first-order valence-corrected chi connectivity index (χ1v) is 6.39. The SMILES string of the molecule is CCNCC(C)C(=O)C1CCC(C)CC1. The van der Waals surface area contributed by atoms with Crippen molar-refractivity contribution in [3.05, 3.63) is 0 Å². The maximum absolute atomic E-state index is 12.1. The van der Waals surface area contributed by atoms with E-state index < -0.39 is 0 Å². The minimum Gasteiger partial charge on any atom is -0.316 e. The molecule has 0 aromatic heterocycles. The molecule has 0 bridgehead atoms. The van der Waals surface area contributed by atoms with Crippen LogP contribution in [0.15, 0.2) is 0 Å². The molecule has 0 aromatic rings. The van der Waals surface area contributed by atoms with Crippen molar-refractivity contribution in [1.82, 2.24) is 5.32 Å². The summed E-state index contributed by atoms with van der Waals surface area (Å²) in [4.78, 5) is 12.1. The van der Waals surface area contributed by atoms with E-state index in [-0.39, 0.29) is 5.92 Å². The molecule has 0 radical (unpaired) electrons. The fraction of sp³-hybridized carbons (Fsp3) is 0.923. The number of carbonyl (C=O) groups excluding carboxylic acids is 1. The van der Waals surface area contributed by atoms with Crippen molar-refractivity contribution < 1.29 is 4.79 Å². The molecule has 0 amide bonds. The van der Waals surface area contributed by atoms with E-state index in [1.165, 1.54) is 12.8 Å². The van der Waals surface area contributed by atoms with E-state index in [1.807, 2.05) is 0 Å². The summed E-state index contributed by atoms with van der Waals surface area (Å²) in [6, 6.07) is 0. The second-order valence-electron chi connectivity index (χ2n) is 5.07. The normalized spacial score (nSPS) is 28.7. The third kappa shape index (κ3) is 3.94. The second kappa shape index (κ2) is 6.26. The average Bonchev–Trinajstić information content (AvgIpc) is 2.26. The monoisotopic (exact) mass is 211 g/mol. The zero-order valence-corrected chi connectivity index (χ0v) is 10.4. The first kappa shape index (κ1) is 12.7. The third-order valence-electron chi connectivity index (χ3n) is 3.60. The van der Waals surface area contributed by atoms with Crippen LogP contribution < -0.4 is 5.32 Å². The van der Waals surface area contributed by atoms with E-state index >= 15 is 0 Å². The minimum absolute atomic E-state index is 0.198. The number of nitrogens with one attached hydrogen (secondary N) is 1. The van der Waals surface area contributed by atoms with E-state index in [4.69, 9.17) is 0 Å². The van der Waals surface area contributed by atoms with Crippen LogP contribution in [0.25, 0.3) is 0 Å². The first-order chi connectivity index (χ1) is 7.15. The molecule has 1 aliphatic rings. The Morgan fingerprint density at radius 3 is 2.47 bits per heavy atom. The quantitative estimate of drug-likeness (QED) is 0.757. The molecule has 1 N–H and O–H groups in total. The zero-order valence-electron chi connectivity index (χ0n) is 10.4. The van der Waals surface area contributed by atoms with Crippen molar-refractivity contribution in [3.8, 4) is 0 Å². The van der Waals surface area contributed by atoms with Crippen molar-refractivity contribution in [1.29, 1.82) is 0 Å². The molecule has 88 valence electrons. The first-order valence-electron chi connectivity index (χ1n) is 6.39. The Bertz CT molecular complexity index is 195. The van der Waals surface area contributed by atoms with Gasteiger partial charge in [-0.05, 0) is 25.3 Å². The fourth-order valence-electron chi connectivity index (χ4n) is 2.41. The summed E-state index contributed by atoms with van der Waals surface area (Å²) in [5.41, 5.74) is 0. The Morgan fingerprint density at radius 2 is 1.93 bits per heavy atom. The molecule has 1 saturated carbocycles. The lowest BCUT2D eigenvalue weighted by Crippen LogP contribution is -2.32. The molecular weight excluding hydrogens is 186 g/mol. The molecule has 1 rings (SSSR count). The van der Waals surface area contributed by atoms with Crippen molar-refractivity contribution in [3.63, 3.8) is 0 Å². The number of hydrogen-bond acceptors (Lipinski definition) is 2. The lowest BCUT2D eigenvalue weighted by Gasteiger charge is -2.27. The van der Waals surface area contributed by atoms with Crippen LogP contribution >= 0.6 is 0 Å². The Balaban J connectivity index is 2.32. The van der Waals surface area contributed by atoms with E-state index in [2.05, 4.69) is 26.1 Å².